The number of ether oxygens (including phenoxy) is 5. The Kier molecular flexibility index (Phi) is 5.84. The van der Waals surface area contributed by atoms with Gasteiger partial charge in [0.05, 0.1) is 11.5 Å². The number of hydrogen-bond donors (Lipinski definition) is 0. The predicted molar refractivity (Wildman–Crippen MR) is 133 cm³/mol. The van der Waals surface area contributed by atoms with Gasteiger partial charge in [0.25, 0.3) is 0 Å². The molecule has 0 aromatic rings. The van der Waals surface area contributed by atoms with Crippen LogP contribution in [0.25, 0.3) is 0 Å². The highest BCUT2D eigenvalue weighted by Gasteiger charge is 2.85. The van der Waals surface area contributed by atoms with Crippen LogP contribution in [0.1, 0.15) is 81.1 Å². The third-order valence-electron chi connectivity index (χ3n) is 10.3. The fourth-order valence-electron chi connectivity index (χ4n) is 9.37. The number of esters is 3. The molecule has 38 heavy (non-hydrogen) atoms. The van der Waals surface area contributed by atoms with Crippen LogP contribution < -0.4 is 0 Å². The van der Waals surface area contributed by atoms with Crippen molar-refractivity contribution < 1.29 is 42.9 Å². The van der Waals surface area contributed by atoms with E-state index in [1.165, 1.54) is 20.8 Å². The van der Waals surface area contributed by atoms with Crippen LogP contribution >= 0.6 is 0 Å². The van der Waals surface area contributed by atoms with Gasteiger partial charge in [0.2, 0.25) is 0 Å². The van der Waals surface area contributed by atoms with Gasteiger partial charge in [0.15, 0.2) is 17.2 Å². The molecule has 0 aromatic heterocycles. The third kappa shape index (κ3) is 3.36. The van der Waals surface area contributed by atoms with Gasteiger partial charge >= 0.3 is 17.9 Å². The summed E-state index contributed by atoms with van der Waals surface area (Å²) in [6.07, 6.45) is -0.921. The molecule has 5 rings (SSSR count). The van der Waals surface area contributed by atoms with Gasteiger partial charge in [-0.2, -0.15) is 0 Å². The minimum absolute atomic E-state index is 0.0200. The zero-order valence-electron chi connectivity index (χ0n) is 23.7. The molecule has 9 nitrogen and oxygen atoms in total. The van der Waals surface area contributed by atoms with E-state index in [9.17, 15) is 19.2 Å². The largest absolute Gasteiger partial charge is 0.462 e. The lowest BCUT2D eigenvalue weighted by Gasteiger charge is -2.70. The normalized spacial score (nSPS) is 45.9. The molecule has 2 bridgehead atoms. The number of Topliss-reactive ketones (excluding diaryl/α,β-unsaturated/α-hetero) is 1. The Labute approximate surface area is 223 Å². The summed E-state index contributed by atoms with van der Waals surface area (Å²) in [6, 6.07) is 0. The Morgan fingerprint density at radius 2 is 1.58 bits per heavy atom. The molecule has 1 aliphatic heterocycles. The van der Waals surface area contributed by atoms with E-state index in [0.29, 0.717) is 12.8 Å². The van der Waals surface area contributed by atoms with E-state index in [1.54, 1.807) is 13.8 Å². The number of carbonyl (C=O) groups excluding carboxylic acids is 4. The highest BCUT2D eigenvalue weighted by atomic mass is 16.7. The van der Waals surface area contributed by atoms with Crippen LogP contribution in [0, 0.1) is 28.1 Å². The predicted octanol–water partition coefficient (Wildman–Crippen LogP) is 3.66. The summed E-state index contributed by atoms with van der Waals surface area (Å²) < 4.78 is 31.1. The molecule has 0 unspecified atom stereocenters. The monoisotopic (exact) mass is 532 g/mol. The molecular weight excluding hydrogens is 492 g/mol. The van der Waals surface area contributed by atoms with Gasteiger partial charge in [-0.15, -0.1) is 0 Å². The molecule has 1 heterocycles. The molecule has 210 valence electrons. The summed E-state index contributed by atoms with van der Waals surface area (Å²) >= 11 is 0. The van der Waals surface area contributed by atoms with Crippen molar-refractivity contribution in [3.8, 4) is 0 Å². The summed E-state index contributed by atoms with van der Waals surface area (Å²) in [5.74, 6) is -3.55. The number of rotatable bonds is 3. The summed E-state index contributed by atoms with van der Waals surface area (Å²) in [6.45, 7) is 18.2. The first-order valence-corrected chi connectivity index (χ1v) is 13.6. The molecule has 0 radical (unpaired) electrons. The number of carbonyl (C=O) groups is 4. The van der Waals surface area contributed by atoms with Crippen molar-refractivity contribution in [3.05, 3.63) is 12.2 Å². The first kappa shape index (κ1) is 27.3. The molecular formula is C29H40O9. The average Bonchev–Trinajstić information content (AvgIpc) is 2.86. The van der Waals surface area contributed by atoms with Crippen molar-refractivity contribution in [3.63, 3.8) is 0 Å². The quantitative estimate of drug-likeness (QED) is 0.305. The van der Waals surface area contributed by atoms with Crippen LogP contribution in [-0.2, 0) is 42.9 Å². The standard InChI is InChI=1S/C29H40O9/c1-14-23(33)29-21-12-19-25(5,6)11-10-20(35-16(3)31)27(19,9)22(29)18(34-15(2)30)13-28(14,36-17(4)32)24(29)38-26(7,8)37-21/h18-22,24H,1,10-13H2,2-9H3/t18-,19+,20+,21+,22+,24-,27-,28+,29-/m0/s1. The molecule has 0 aromatic carbocycles. The summed E-state index contributed by atoms with van der Waals surface area (Å²) in [4.78, 5) is 51.9. The lowest BCUT2D eigenvalue weighted by atomic mass is 9.38. The van der Waals surface area contributed by atoms with Crippen LogP contribution in [0.2, 0.25) is 0 Å². The van der Waals surface area contributed by atoms with Gasteiger partial charge in [-0.05, 0) is 44.4 Å². The van der Waals surface area contributed by atoms with Gasteiger partial charge in [-0.3, -0.25) is 19.2 Å². The topological polar surface area (TPSA) is 114 Å². The Hall–Kier alpha value is -2.26. The Bertz CT molecular complexity index is 1120. The maximum absolute atomic E-state index is 14.6. The maximum Gasteiger partial charge on any atom is 0.303 e. The lowest BCUT2D eigenvalue weighted by Crippen LogP contribution is -2.78. The fraction of sp³-hybridized carbons (Fsp3) is 0.793. The van der Waals surface area contributed by atoms with E-state index >= 15 is 0 Å². The van der Waals surface area contributed by atoms with Gasteiger partial charge in [-0.25, -0.2) is 0 Å². The summed E-state index contributed by atoms with van der Waals surface area (Å²) in [5.41, 5.74) is -3.69. The smallest absolute Gasteiger partial charge is 0.303 e. The second-order valence-corrected chi connectivity index (χ2v) is 13.3. The van der Waals surface area contributed by atoms with Crippen molar-refractivity contribution in [1.29, 1.82) is 0 Å². The minimum Gasteiger partial charge on any atom is -0.462 e. The third-order valence-corrected chi connectivity index (χ3v) is 10.3. The minimum atomic E-state index is -1.51. The maximum atomic E-state index is 14.6. The molecule has 1 saturated heterocycles. The highest BCUT2D eigenvalue weighted by Crippen LogP contribution is 2.75. The summed E-state index contributed by atoms with van der Waals surface area (Å²) in [5, 5.41) is 0. The molecule has 1 spiro atoms. The number of fused-ring (bicyclic) bond motifs is 2. The van der Waals surface area contributed by atoms with Crippen LogP contribution in [-0.4, -0.2) is 59.5 Å². The van der Waals surface area contributed by atoms with E-state index in [0.717, 1.165) is 6.42 Å². The van der Waals surface area contributed by atoms with E-state index in [4.69, 9.17) is 23.7 Å². The average molecular weight is 533 g/mol. The lowest BCUT2D eigenvalue weighted by molar-refractivity contribution is -0.406. The van der Waals surface area contributed by atoms with E-state index < -0.39 is 70.5 Å². The number of hydrogen-bond acceptors (Lipinski definition) is 9. The van der Waals surface area contributed by atoms with Crippen molar-refractivity contribution >= 4 is 23.7 Å². The van der Waals surface area contributed by atoms with E-state index in [1.807, 2.05) is 0 Å². The molecule has 4 saturated carbocycles. The zero-order chi connectivity index (χ0) is 28.2. The number of ketones is 1. The van der Waals surface area contributed by atoms with Gasteiger partial charge in [0.1, 0.15) is 18.3 Å². The Morgan fingerprint density at radius 3 is 2.16 bits per heavy atom. The second-order valence-electron chi connectivity index (χ2n) is 13.3. The first-order chi connectivity index (χ1) is 17.4. The SMILES string of the molecule is C=C1C(=O)[C@]23[C@@H]4[C@@H](OC(C)=O)C[C@]1(OC(C)=O)[C@@H]2OC(C)(C)O[C@@H]3C[C@@H]1C(C)(C)CC[C@@H](OC(C)=O)[C@]14C. The van der Waals surface area contributed by atoms with E-state index in [-0.39, 0.29) is 29.1 Å². The Balaban J connectivity index is 1.82. The zero-order valence-corrected chi connectivity index (χ0v) is 23.7. The Morgan fingerprint density at radius 1 is 0.947 bits per heavy atom. The van der Waals surface area contributed by atoms with Crippen LogP contribution in [0.4, 0.5) is 0 Å². The van der Waals surface area contributed by atoms with Gasteiger partial charge in [0, 0.05) is 44.1 Å². The van der Waals surface area contributed by atoms with Crippen molar-refractivity contribution in [2.75, 3.05) is 0 Å². The second kappa shape index (κ2) is 8.13. The molecule has 4 aliphatic carbocycles. The van der Waals surface area contributed by atoms with Crippen LogP contribution in [0.15, 0.2) is 12.2 Å². The molecule has 0 amide bonds. The van der Waals surface area contributed by atoms with E-state index in [2.05, 4.69) is 27.4 Å². The first-order valence-electron chi connectivity index (χ1n) is 13.6. The van der Waals surface area contributed by atoms with Gasteiger partial charge < -0.3 is 23.7 Å². The van der Waals surface area contributed by atoms with Crippen molar-refractivity contribution in [2.24, 2.45) is 28.1 Å². The van der Waals surface area contributed by atoms with Crippen molar-refractivity contribution in [1.82, 2.24) is 0 Å². The van der Waals surface area contributed by atoms with Crippen molar-refractivity contribution in [2.45, 2.75) is 117 Å². The van der Waals surface area contributed by atoms with Crippen LogP contribution in [0.3, 0.4) is 0 Å². The fourth-order valence-corrected chi connectivity index (χ4v) is 9.37. The molecule has 9 heteroatoms. The highest BCUT2D eigenvalue weighted by molar-refractivity contribution is 6.07. The molecule has 5 fully saturated rings. The summed E-state index contributed by atoms with van der Waals surface area (Å²) in [7, 11) is 0. The molecule has 0 N–H and O–H groups in total. The molecule has 9 atom stereocenters. The van der Waals surface area contributed by atoms with Gasteiger partial charge in [-0.1, -0.05) is 27.4 Å². The molecule has 5 aliphatic rings. The van der Waals surface area contributed by atoms with Crippen LogP contribution in [0.5, 0.6) is 0 Å².